The Morgan fingerprint density at radius 2 is 2.17 bits per heavy atom. The van der Waals surface area contributed by atoms with E-state index in [1.54, 1.807) is 6.07 Å². The van der Waals surface area contributed by atoms with E-state index < -0.39 is 5.60 Å². The molecule has 1 aliphatic rings. The van der Waals surface area contributed by atoms with E-state index >= 15 is 0 Å². The molecule has 23 heavy (non-hydrogen) atoms. The summed E-state index contributed by atoms with van der Waals surface area (Å²) in [5, 5.41) is 6.33. The molecule has 0 saturated heterocycles. The van der Waals surface area contributed by atoms with Crippen molar-refractivity contribution in [3.05, 3.63) is 35.1 Å². The van der Waals surface area contributed by atoms with Crippen LogP contribution in [0.5, 0.6) is 0 Å². The summed E-state index contributed by atoms with van der Waals surface area (Å²) in [5.74, 6) is -0.167. The summed E-state index contributed by atoms with van der Waals surface area (Å²) in [5.41, 5.74) is 1.81. The number of alkyl carbamates (subject to hydrolysis) is 1. The molecule has 0 fully saturated rings. The molecular weight excluding hydrogens is 295 g/mol. The molecule has 1 aliphatic carbocycles. The zero-order valence-electron chi connectivity index (χ0n) is 14.4. The van der Waals surface area contributed by atoms with Gasteiger partial charge in [-0.05, 0) is 76.8 Å². The van der Waals surface area contributed by atoms with Gasteiger partial charge in [0.1, 0.15) is 11.4 Å². The highest BCUT2D eigenvalue weighted by Gasteiger charge is 2.22. The number of halogens is 1. The van der Waals surface area contributed by atoms with Crippen molar-refractivity contribution in [1.29, 1.82) is 0 Å². The van der Waals surface area contributed by atoms with Crippen molar-refractivity contribution in [3.8, 4) is 0 Å². The van der Waals surface area contributed by atoms with Gasteiger partial charge in [0.25, 0.3) is 0 Å². The minimum Gasteiger partial charge on any atom is -0.444 e. The Labute approximate surface area is 137 Å². The van der Waals surface area contributed by atoms with Gasteiger partial charge in [-0.25, -0.2) is 9.18 Å². The molecule has 0 aliphatic heterocycles. The van der Waals surface area contributed by atoms with Gasteiger partial charge in [0.2, 0.25) is 0 Å². The van der Waals surface area contributed by atoms with Crippen LogP contribution in [-0.4, -0.2) is 24.3 Å². The van der Waals surface area contributed by atoms with Crippen molar-refractivity contribution >= 4 is 6.09 Å². The van der Waals surface area contributed by atoms with Gasteiger partial charge in [-0.1, -0.05) is 6.07 Å². The third-order valence-corrected chi connectivity index (χ3v) is 3.91. The first-order chi connectivity index (χ1) is 10.7. The molecule has 2 rings (SSSR count). The van der Waals surface area contributed by atoms with Crippen LogP contribution in [-0.2, 0) is 11.2 Å². The Hall–Kier alpha value is -1.62. The number of hydrogen-bond donors (Lipinski definition) is 2. The summed E-state index contributed by atoms with van der Waals surface area (Å²) in [6.07, 6.45) is 2.33. The van der Waals surface area contributed by atoms with Crippen LogP contribution in [0.25, 0.3) is 0 Å². The van der Waals surface area contributed by atoms with Gasteiger partial charge < -0.3 is 15.4 Å². The topological polar surface area (TPSA) is 50.4 Å². The predicted molar refractivity (Wildman–Crippen MR) is 88.9 cm³/mol. The number of aryl methyl sites for hydroxylation is 1. The summed E-state index contributed by atoms with van der Waals surface area (Å²) in [7, 11) is 0. The van der Waals surface area contributed by atoms with Gasteiger partial charge in [0.15, 0.2) is 0 Å². The second-order valence-electron chi connectivity index (χ2n) is 7.22. The number of carbonyl (C=O) groups is 1. The van der Waals surface area contributed by atoms with E-state index in [-0.39, 0.29) is 24.0 Å². The largest absolute Gasteiger partial charge is 0.444 e. The minimum atomic E-state index is -0.481. The third-order valence-electron chi connectivity index (χ3n) is 3.91. The van der Waals surface area contributed by atoms with Crippen LogP contribution in [0.3, 0.4) is 0 Å². The Morgan fingerprint density at radius 3 is 2.87 bits per heavy atom. The number of rotatable bonds is 5. The van der Waals surface area contributed by atoms with Crippen LogP contribution in [0.2, 0.25) is 0 Å². The number of fused-ring (bicyclic) bond motifs is 1. The maximum absolute atomic E-state index is 13.2. The molecule has 0 spiro atoms. The second kappa shape index (κ2) is 7.30. The van der Waals surface area contributed by atoms with E-state index in [1.807, 2.05) is 33.8 Å². The van der Waals surface area contributed by atoms with E-state index in [2.05, 4.69) is 10.6 Å². The highest BCUT2D eigenvalue weighted by atomic mass is 19.1. The number of benzene rings is 1. The lowest BCUT2D eigenvalue weighted by atomic mass is 10.1. The van der Waals surface area contributed by atoms with Crippen molar-refractivity contribution in [1.82, 2.24) is 10.6 Å². The molecule has 2 N–H and O–H groups in total. The van der Waals surface area contributed by atoms with E-state index in [4.69, 9.17) is 4.74 Å². The Bertz CT molecular complexity index is 554. The lowest BCUT2D eigenvalue weighted by Crippen LogP contribution is -2.39. The van der Waals surface area contributed by atoms with Crippen molar-refractivity contribution < 1.29 is 13.9 Å². The molecule has 0 heterocycles. The van der Waals surface area contributed by atoms with Crippen molar-refractivity contribution in [3.63, 3.8) is 0 Å². The lowest BCUT2D eigenvalue weighted by molar-refractivity contribution is 0.0506. The van der Waals surface area contributed by atoms with E-state index in [1.165, 1.54) is 11.6 Å². The Balaban J connectivity index is 1.73. The number of amides is 1. The summed E-state index contributed by atoms with van der Waals surface area (Å²) >= 11 is 0. The number of ether oxygens (including phenoxy) is 1. The van der Waals surface area contributed by atoms with Gasteiger partial charge >= 0.3 is 6.09 Å². The molecule has 1 aromatic rings. The van der Waals surface area contributed by atoms with Crippen molar-refractivity contribution in [2.75, 3.05) is 6.54 Å². The molecule has 0 bridgehead atoms. The number of hydrogen-bond acceptors (Lipinski definition) is 3. The molecule has 2 atom stereocenters. The van der Waals surface area contributed by atoms with Gasteiger partial charge in [-0.2, -0.15) is 0 Å². The van der Waals surface area contributed by atoms with Gasteiger partial charge in [-0.3, -0.25) is 0 Å². The van der Waals surface area contributed by atoms with E-state index in [0.717, 1.165) is 31.4 Å². The summed E-state index contributed by atoms with van der Waals surface area (Å²) in [6, 6.07) is 5.33. The van der Waals surface area contributed by atoms with E-state index in [0.29, 0.717) is 0 Å². The molecular formula is C18H27FN2O2. The molecule has 0 radical (unpaired) electrons. The maximum Gasteiger partial charge on any atom is 0.407 e. The Morgan fingerprint density at radius 1 is 1.43 bits per heavy atom. The predicted octanol–water partition coefficient (Wildman–Crippen LogP) is 3.71. The zero-order valence-corrected chi connectivity index (χ0v) is 14.4. The molecule has 2 unspecified atom stereocenters. The molecule has 5 heteroatoms. The zero-order chi connectivity index (χ0) is 17.0. The fraction of sp³-hybridized carbons (Fsp3) is 0.611. The van der Waals surface area contributed by atoms with Gasteiger partial charge in [-0.15, -0.1) is 0 Å². The second-order valence-corrected chi connectivity index (χ2v) is 7.22. The molecule has 128 valence electrons. The normalized spacial score (nSPS) is 18.4. The number of nitrogens with one attached hydrogen (secondary N) is 2. The number of carbonyl (C=O) groups excluding carboxylic acids is 1. The highest BCUT2D eigenvalue weighted by Crippen LogP contribution is 2.31. The fourth-order valence-electron chi connectivity index (χ4n) is 2.85. The van der Waals surface area contributed by atoms with Crippen LogP contribution in [0.1, 0.15) is 57.7 Å². The minimum absolute atomic E-state index is 0.0337. The first-order valence-electron chi connectivity index (χ1n) is 8.26. The molecule has 0 saturated carbocycles. The van der Waals surface area contributed by atoms with Crippen LogP contribution in [0.4, 0.5) is 9.18 Å². The van der Waals surface area contributed by atoms with Gasteiger partial charge in [0.05, 0.1) is 0 Å². The standard InChI is InChI=1S/C18H27FN2O2/c1-12(21-17(22)23-18(2,3)4)9-10-20-16-8-5-13-11-14(19)6-7-15(13)16/h6-7,11-12,16,20H,5,8-10H2,1-4H3,(H,21,22). The van der Waals surface area contributed by atoms with Crippen molar-refractivity contribution in [2.45, 2.75) is 64.6 Å². The Kier molecular flexibility index (Phi) is 5.63. The average molecular weight is 322 g/mol. The first-order valence-corrected chi connectivity index (χ1v) is 8.26. The monoisotopic (exact) mass is 322 g/mol. The molecule has 1 aromatic carbocycles. The van der Waals surface area contributed by atoms with Crippen LogP contribution in [0.15, 0.2) is 18.2 Å². The first kappa shape index (κ1) is 17.7. The quantitative estimate of drug-likeness (QED) is 0.869. The summed E-state index contributed by atoms with van der Waals surface area (Å²) in [4.78, 5) is 11.7. The third kappa shape index (κ3) is 5.50. The SMILES string of the molecule is CC(CCNC1CCc2cc(F)ccc21)NC(=O)OC(C)(C)C. The van der Waals surface area contributed by atoms with Crippen LogP contribution < -0.4 is 10.6 Å². The molecule has 0 aromatic heterocycles. The summed E-state index contributed by atoms with van der Waals surface area (Å²) < 4.78 is 18.5. The fourth-order valence-corrected chi connectivity index (χ4v) is 2.85. The maximum atomic E-state index is 13.2. The smallest absolute Gasteiger partial charge is 0.407 e. The summed E-state index contributed by atoms with van der Waals surface area (Å²) in [6.45, 7) is 8.29. The van der Waals surface area contributed by atoms with Crippen LogP contribution in [0, 0.1) is 5.82 Å². The molecule has 4 nitrogen and oxygen atoms in total. The lowest BCUT2D eigenvalue weighted by Gasteiger charge is -2.22. The molecule has 1 amide bonds. The van der Waals surface area contributed by atoms with Crippen LogP contribution >= 0.6 is 0 Å². The van der Waals surface area contributed by atoms with Crippen molar-refractivity contribution in [2.24, 2.45) is 0 Å². The van der Waals surface area contributed by atoms with Gasteiger partial charge in [0, 0.05) is 12.1 Å². The highest BCUT2D eigenvalue weighted by molar-refractivity contribution is 5.68. The average Bonchev–Trinajstić information content (AvgIpc) is 2.78. The van der Waals surface area contributed by atoms with E-state index in [9.17, 15) is 9.18 Å².